The molecular formula is C22H32Br2O11. The van der Waals surface area contributed by atoms with Crippen molar-refractivity contribution >= 4 is 61.7 Å². The largest absolute Gasteiger partial charge is 0.478 e. The van der Waals surface area contributed by atoms with Crippen molar-refractivity contribution in [1.29, 1.82) is 0 Å². The molecule has 35 heavy (non-hydrogen) atoms. The Bertz CT molecular complexity index is 670. The highest BCUT2D eigenvalue weighted by Crippen LogP contribution is 2.23. The Labute approximate surface area is 221 Å². The maximum atomic E-state index is 10.5. The molecule has 0 unspecified atom stereocenters. The van der Waals surface area contributed by atoms with E-state index in [9.17, 15) is 24.0 Å². The lowest BCUT2D eigenvalue weighted by molar-refractivity contribution is -0.249. The summed E-state index contributed by atoms with van der Waals surface area (Å²) in [6.45, 7) is 16.5. The number of carbonyl (C=O) groups is 5. The van der Waals surface area contributed by atoms with Crippen LogP contribution in [-0.4, -0.2) is 58.9 Å². The fourth-order valence-electron chi connectivity index (χ4n) is 0.953. The highest BCUT2D eigenvalue weighted by Gasteiger charge is 2.09. The van der Waals surface area contributed by atoms with E-state index >= 15 is 0 Å². The molecule has 0 aliphatic rings. The molecule has 0 rings (SSSR count). The van der Waals surface area contributed by atoms with Crippen LogP contribution in [0.3, 0.4) is 0 Å². The van der Waals surface area contributed by atoms with Gasteiger partial charge in [-0.05, 0) is 51.6 Å². The molecule has 0 bridgehead atoms. The van der Waals surface area contributed by atoms with Gasteiger partial charge in [0.2, 0.25) is 0 Å². The molecule has 3 N–H and O–H groups in total. The Morgan fingerprint density at radius 3 is 1.34 bits per heavy atom. The number of hydrogen-bond acceptors (Lipinski definition) is 8. The second kappa shape index (κ2) is 33.1. The van der Waals surface area contributed by atoms with Crippen molar-refractivity contribution in [1.82, 2.24) is 0 Å². The van der Waals surface area contributed by atoms with Crippen molar-refractivity contribution in [2.45, 2.75) is 33.1 Å². The van der Waals surface area contributed by atoms with Crippen LogP contribution in [0, 0.1) is 0 Å². The minimum atomic E-state index is -0.981. The standard InChI is InChI=1S/C7H10Br2O2.C5H8O2.C4H6O3.2C3H4O2/c1-2-3-4-5(6(8)9)7(10)11;1-3-5(6)7-4-2;1-3-4(5)7-6-2;2*1-2-3(4)5/h2-4H2,1H3,(H,10,11);3H,1,4H2,2H3;3H,1H2,2H3;2*2H,1H2,(H,4,5). The van der Waals surface area contributed by atoms with Crippen LogP contribution in [0.15, 0.2) is 59.6 Å². The Balaban J connectivity index is -0.000000111. The Morgan fingerprint density at radius 2 is 1.20 bits per heavy atom. The van der Waals surface area contributed by atoms with Gasteiger partial charge in [0, 0.05) is 24.3 Å². The number of rotatable bonds is 10. The van der Waals surface area contributed by atoms with Gasteiger partial charge in [-0.3, -0.25) is 4.89 Å². The molecule has 0 radical (unpaired) electrons. The summed E-state index contributed by atoms with van der Waals surface area (Å²) in [4.78, 5) is 57.0. The van der Waals surface area contributed by atoms with Gasteiger partial charge in [0.1, 0.15) is 0 Å². The number of carbonyl (C=O) groups excluding carboxylic acids is 2. The van der Waals surface area contributed by atoms with Crippen molar-refractivity contribution in [2.24, 2.45) is 0 Å². The number of aliphatic carboxylic acids is 3. The first-order valence-electron chi connectivity index (χ1n) is 9.40. The van der Waals surface area contributed by atoms with Gasteiger partial charge < -0.3 is 20.1 Å². The first-order chi connectivity index (χ1) is 16.2. The molecule has 0 spiro atoms. The molecule has 0 atom stereocenters. The maximum Gasteiger partial charge on any atom is 0.365 e. The lowest BCUT2D eigenvalue weighted by Gasteiger charge is -1.99. The van der Waals surface area contributed by atoms with E-state index in [4.69, 9.17) is 15.3 Å². The van der Waals surface area contributed by atoms with Crippen molar-refractivity contribution in [3.05, 3.63) is 59.6 Å². The number of unbranched alkanes of at least 4 members (excludes halogenated alkanes) is 1. The van der Waals surface area contributed by atoms with Gasteiger partial charge >= 0.3 is 29.8 Å². The predicted molar refractivity (Wildman–Crippen MR) is 138 cm³/mol. The molecule has 0 aromatic carbocycles. The maximum absolute atomic E-state index is 10.5. The average molecular weight is 632 g/mol. The summed E-state index contributed by atoms with van der Waals surface area (Å²) in [7, 11) is 1.25. The third-order valence-corrected chi connectivity index (χ3v) is 3.36. The zero-order valence-corrected chi connectivity index (χ0v) is 23.0. The smallest absolute Gasteiger partial charge is 0.365 e. The first-order valence-corrected chi connectivity index (χ1v) is 11.0. The highest BCUT2D eigenvalue weighted by molar-refractivity contribution is 9.28. The van der Waals surface area contributed by atoms with E-state index in [1.165, 1.54) is 7.11 Å². The van der Waals surface area contributed by atoms with E-state index in [1.807, 2.05) is 6.92 Å². The molecule has 0 aliphatic carbocycles. The van der Waals surface area contributed by atoms with Crippen molar-refractivity contribution < 1.29 is 53.8 Å². The molecule has 0 saturated heterocycles. The number of carboxylic acids is 3. The second-order valence-electron chi connectivity index (χ2n) is 4.96. The number of halogens is 2. The number of hydrogen-bond donors (Lipinski definition) is 3. The van der Waals surface area contributed by atoms with E-state index in [0.29, 0.717) is 22.0 Å². The van der Waals surface area contributed by atoms with Gasteiger partial charge in [-0.2, -0.15) is 4.89 Å². The van der Waals surface area contributed by atoms with Gasteiger partial charge in [0.05, 0.1) is 22.7 Å². The molecule has 0 aromatic heterocycles. The van der Waals surface area contributed by atoms with Crippen LogP contribution in [0.2, 0.25) is 0 Å². The number of ether oxygens (including phenoxy) is 1. The van der Waals surface area contributed by atoms with Crippen molar-refractivity contribution in [3.63, 3.8) is 0 Å². The van der Waals surface area contributed by atoms with Crippen LogP contribution in [0.5, 0.6) is 0 Å². The van der Waals surface area contributed by atoms with E-state index in [2.05, 4.69) is 72.7 Å². The number of esters is 1. The fourth-order valence-corrected chi connectivity index (χ4v) is 1.69. The zero-order valence-electron chi connectivity index (χ0n) is 19.8. The molecule has 0 amide bonds. The lowest BCUT2D eigenvalue weighted by atomic mass is 10.1. The minimum Gasteiger partial charge on any atom is -0.478 e. The number of carboxylic acid groups (broad SMARTS) is 3. The van der Waals surface area contributed by atoms with Gasteiger partial charge in [0.25, 0.3) is 0 Å². The van der Waals surface area contributed by atoms with Crippen LogP contribution >= 0.6 is 31.9 Å². The Morgan fingerprint density at radius 1 is 0.800 bits per heavy atom. The topological polar surface area (TPSA) is 174 Å². The highest BCUT2D eigenvalue weighted by atomic mass is 79.9. The average Bonchev–Trinajstić information content (AvgIpc) is 2.80. The van der Waals surface area contributed by atoms with Crippen LogP contribution in [0.4, 0.5) is 0 Å². The summed E-state index contributed by atoms with van der Waals surface area (Å²) in [5, 5.41) is 23.9. The molecule has 0 aliphatic heterocycles. The van der Waals surface area contributed by atoms with Gasteiger partial charge in [-0.1, -0.05) is 39.7 Å². The van der Waals surface area contributed by atoms with E-state index < -0.39 is 23.9 Å². The molecule has 0 fully saturated rings. The third kappa shape index (κ3) is 49.3. The van der Waals surface area contributed by atoms with Crippen LogP contribution in [0.25, 0.3) is 0 Å². The van der Waals surface area contributed by atoms with E-state index in [1.54, 1.807) is 6.92 Å². The first kappa shape index (κ1) is 42.2. The van der Waals surface area contributed by atoms with Crippen LogP contribution < -0.4 is 0 Å². The molecule has 0 heterocycles. The quantitative estimate of drug-likeness (QED) is 0.131. The predicted octanol–water partition coefficient (Wildman–Crippen LogP) is 4.79. The fraction of sp³-hybridized carbons (Fsp3) is 0.318. The van der Waals surface area contributed by atoms with Crippen LogP contribution in [0.1, 0.15) is 33.1 Å². The normalized spacial score (nSPS) is 7.80. The molecule has 200 valence electrons. The SMILES string of the molecule is C=CC(=O)O.C=CC(=O)O.C=CC(=O)OCC.C=CC(=O)OOC.CCCCC(C(=O)O)=C(Br)Br. The van der Waals surface area contributed by atoms with Gasteiger partial charge in [-0.25, -0.2) is 24.0 Å². The molecule has 11 nitrogen and oxygen atoms in total. The minimum absolute atomic E-state index is 0.359. The Hall–Kier alpha value is -3.03. The summed E-state index contributed by atoms with van der Waals surface area (Å²) in [6.07, 6.45) is 6.34. The van der Waals surface area contributed by atoms with Crippen molar-refractivity contribution in [2.75, 3.05) is 13.7 Å². The lowest BCUT2D eigenvalue weighted by Crippen LogP contribution is -2.00. The summed E-state index contributed by atoms with van der Waals surface area (Å²) in [5.41, 5.74) is 0.409. The summed E-state index contributed by atoms with van der Waals surface area (Å²) in [5.74, 6) is -3.76. The van der Waals surface area contributed by atoms with Gasteiger partial charge in [-0.15, -0.1) is 0 Å². The summed E-state index contributed by atoms with van der Waals surface area (Å²) in [6, 6.07) is 0. The summed E-state index contributed by atoms with van der Waals surface area (Å²) < 4.78 is 4.98. The molecular weight excluding hydrogens is 600 g/mol. The van der Waals surface area contributed by atoms with Gasteiger partial charge in [0.15, 0.2) is 0 Å². The third-order valence-electron chi connectivity index (χ3n) is 2.40. The molecule has 0 aromatic rings. The van der Waals surface area contributed by atoms with Crippen molar-refractivity contribution in [3.8, 4) is 0 Å². The molecule has 0 saturated carbocycles. The molecule has 13 heteroatoms. The van der Waals surface area contributed by atoms with E-state index in [-0.39, 0.29) is 5.97 Å². The monoisotopic (exact) mass is 630 g/mol. The van der Waals surface area contributed by atoms with Crippen LogP contribution in [-0.2, 0) is 38.5 Å². The summed E-state index contributed by atoms with van der Waals surface area (Å²) >= 11 is 6.17. The second-order valence-corrected chi connectivity index (χ2v) is 7.61. The zero-order chi connectivity index (χ0) is 28.8. The van der Waals surface area contributed by atoms with E-state index in [0.717, 1.165) is 37.1 Å². The Kier molecular flexibility index (Phi) is 39.9.